The number of benzene rings is 2. The molecule has 4 aromatic rings. The number of para-hydroxylation sites is 1. The maximum Gasteiger partial charge on any atom is 0.252 e. The molecule has 136 valence electrons. The molecule has 6 heteroatoms. The van der Waals surface area contributed by atoms with Crippen LogP contribution in [-0.4, -0.2) is 14.3 Å². The van der Waals surface area contributed by atoms with Gasteiger partial charge in [-0.05, 0) is 43.7 Å². The quantitative estimate of drug-likeness (QED) is 0.474. The molecule has 0 atom stereocenters. The minimum absolute atomic E-state index is 0.132. The van der Waals surface area contributed by atoms with Crippen LogP contribution in [0.2, 0.25) is 0 Å². The largest absolute Gasteiger partial charge is 0.288 e. The number of halogens is 2. The molecule has 0 radical (unpaired) electrons. The number of aryl methyl sites for hydroxylation is 2. The summed E-state index contributed by atoms with van der Waals surface area (Å²) in [7, 11) is 0. The van der Waals surface area contributed by atoms with Gasteiger partial charge in [-0.2, -0.15) is 5.10 Å². The lowest BCUT2D eigenvalue weighted by Gasteiger charge is -2.13. The van der Waals surface area contributed by atoms with E-state index in [0.29, 0.717) is 15.7 Å². The van der Waals surface area contributed by atoms with Gasteiger partial charge in [0, 0.05) is 21.5 Å². The maximum atomic E-state index is 14.4. The van der Waals surface area contributed by atoms with E-state index in [1.54, 1.807) is 27.4 Å². The lowest BCUT2D eigenvalue weighted by Crippen LogP contribution is -2.23. The molecule has 0 aliphatic rings. The second kappa shape index (κ2) is 6.78. The monoisotopic (exact) mass is 425 g/mol. The molecular weight excluding hydrogens is 409 g/mol. The van der Waals surface area contributed by atoms with Crippen molar-refractivity contribution >= 4 is 27.0 Å². The molecule has 0 saturated heterocycles. The molecule has 0 aliphatic heterocycles. The Hall–Kier alpha value is -2.73. The molecule has 0 fully saturated rings. The highest BCUT2D eigenvalue weighted by atomic mass is 79.9. The van der Waals surface area contributed by atoms with Gasteiger partial charge in [0.15, 0.2) is 0 Å². The van der Waals surface area contributed by atoms with Crippen molar-refractivity contribution in [1.29, 1.82) is 0 Å². The summed E-state index contributed by atoms with van der Waals surface area (Å²) >= 11 is 3.27. The molecule has 0 amide bonds. The lowest BCUT2D eigenvalue weighted by molar-refractivity contribution is 0.597. The van der Waals surface area contributed by atoms with Gasteiger partial charge in [0.2, 0.25) is 0 Å². The predicted molar refractivity (Wildman–Crippen MR) is 108 cm³/mol. The highest BCUT2D eigenvalue weighted by molar-refractivity contribution is 9.10. The van der Waals surface area contributed by atoms with Crippen LogP contribution in [0.1, 0.15) is 16.8 Å². The van der Waals surface area contributed by atoms with Crippen LogP contribution in [0.25, 0.3) is 16.7 Å². The Morgan fingerprint density at radius 2 is 1.81 bits per heavy atom. The number of aromatic nitrogens is 3. The zero-order valence-corrected chi connectivity index (χ0v) is 16.5. The van der Waals surface area contributed by atoms with E-state index < -0.39 is 0 Å². The molecule has 2 aromatic heterocycles. The second-order valence-corrected chi connectivity index (χ2v) is 7.43. The van der Waals surface area contributed by atoms with Crippen LogP contribution >= 0.6 is 15.9 Å². The first-order valence-corrected chi connectivity index (χ1v) is 9.34. The highest BCUT2D eigenvalue weighted by Gasteiger charge is 2.18. The van der Waals surface area contributed by atoms with Crippen molar-refractivity contribution in [2.75, 3.05) is 0 Å². The summed E-state index contributed by atoms with van der Waals surface area (Å²) < 4.78 is 18.4. The van der Waals surface area contributed by atoms with Crippen LogP contribution < -0.4 is 5.56 Å². The van der Waals surface area contributed by atoms with Crippen molar-refractivity contribution in [1.82, 2.24) is 14.3 Å². The third-order valence-electron chi connectivity index (χ3n) is 4.64. The average Bonchev–Trinajstić information content (AvgIpc) is 2.99. The number of hydrogen-bond donors (Lipinski definition) is 0. The number of hydrogen-bond acceptors (Lipinski definition) is 2. The molecule has 0 aliphatic carbocycles. The third-order valence-corrected chi connectivity index (χ3v) is 5.13. The van der Waals surface area contributed by atoms with E-state index in [1.807, 2.05) is 44.2 Å². The molecule has 0 N–H and O–H groups in total. The van der Waals surface area contributed by atoms with Crippen LogP contribution in [-0.2, 0) is 6.54 Å². The number of pyridine rings is 1. The molecule has 0 bridgehead atoms. The Kier molecular flexibility index (Phi) is 4.44. The van der Waals surface area contributed by atoms with Crippen molar-refractivity contribution in [3.05, 3.63) is 92.1 Å². The minimum atomic E-state index is -0.354. The SMILES string of the molecule is Cc1cc(=O)n(Cc2ccc(Br)cc2F)c2c1c(C)nn2-c1ccccc1. The van der Waals surface area contributed by atoms with Gasteiger partial charge < -0.3 is 0 Å². The zero-order chi connectivity index (χ0) is 19.1. The Labute approximate surface area is 164 Å². The van der Waals surface area contributed by atoms with Crippen molar-refractivity contribution < 1.29 is 4.39 Å². The fourth-order valence-corrected chi connectivity index (χ4v) is 3.72. The molecule has 27 heavy (non-hydrogen) atoms. The first-order chi connectivity index (χ1) is 13.0. The molecule has 0 unspecified atom stereocenters. The van der Waals surface area contributed by atoms with Crippen LogP contribution in [0, 0.1) is 19.7 Å². The van der Waals surface area contributed by atoms with Crippen LogP contribution in [0.4, 0.5) is 4.39 Å². The fourth-order valence-electron chi connectivity index (χ4n) is 3.39. The topological polar surface area (TPSA) is 39.8 Å². The third kappa shape index (κ3) is 3.10. The Balaban J connectivity index is 2.01. The number of nitrogens with zero attached hydrogens (tertiary/aromatic N) is 3. The summed E-state index contributed by atoms with van der Waals surface area (Å²) in [4.78, 5) is 12.8. The molecule has 2 heterocycles. The molecule has 0 spiro atoms. The summed E-state index contributed by atoms with van der Waals surface area (Å²) in [5.41, 5.74) is 3.48. The van der Waals surface area contributed by atoms with Crippen molar-refractivity contribution in [3.63, 3.8) is 0 Å². The summed E-state index contributed by atoms with van der Waals surface area (Å²) in [6.45, 7) is 3.95. The standard InChI is InChI=1S/C21H17BrFN3O/c1-13-10-19(27)25(12-15-8-9-16(22)11-18(15)23)21-20(13)14(2)24-26(21)17-6-4-3-5-7-17/h3-11H,12H2,1-2H3. The summed E-state index contributed by atoms with van der Waals surface area (Å²) in [5.74, 6) is -0.354. The van der Waals surface area contributed by atoms with Gasteiger partial charge in [0.05, 0.1) is 17.9 Å². The zero-order valence-electron chi connectivity index (χ0n) is 14.9. The van der Waals surface area contributed by atoms with Gasteiger partial charge >= 0.3 is 0 Å². The maximum absolute atomic E-state index is 14.4. The molecule has 4 rings (SSSR count). The smallest absolute Gasteiger partial charge is 0.252 e. The Bertz CT molecular complexity index is 1210. The first kappa shape index (κ1) is 17.7. The van der Waals surface area contributed by atoms with Gasteiger partial charge in [-0.25, -0.2) is 9.07 Å². The van der Waals surface area contributed by atoms with E-state index in [4.69, 9.17) is 0 Å². The van der Waals surface area contributed by atoms with E-state index in [-0.39, 0.29) is 17.9 Å². The van der Waals surface area contributed by atoms with Gasteiger partial charge in [0.25, 0.3) is 5.56 Å². The van der Waals surface area contributed by atoms with Crippen LogP contribution in [0.5, 0.6) is 0 Å². The van der Waals surface area contributed by atoms with E-state index in [2.05, 4.69) is 21.0 Å². The van der Waals surface area contributed by atoms with Gasteiger partial charge in [-0.15, -0.1) is 0 Å². The van der Waals surface area contributed by atoms with E-state index in [0.717, 1.165) is 22.3 Å². The van der Waals surface area contributed by atoms with Crippen molar-refractivity contribution in [3.8, 4) is 5.69 Å². The van der Waals surface area contributed by atoms with Crippen LogP contribution in [0.3, 0.4) is 0 Å². The van der Waals surface area contributed by atoms with E-state index in [9.17, 15) is 9.18 Å². The fraction of sp³-hybridized carbons (Fsp3) is 0.143. The molecule has 0 saturated carbocycles. The van der Waals surface area contributed by atoms with E-state index in [1.165, 1.54) is 6.07 Å². The van der Waals surface area contributed by atoms with Crippen molar-refractivity contribution in [2.24, 2.45) is 0 Å². The van der Waals surface area contributed by atoms with Crippen molar-refractivity contribution in [2.45, 2.75) is 20.4 Å². The number of rotatable bonds is 3. The summed E-state index contributed by atoms with van der Waals surface area (Å²) in [5, 5.41) is 5.57. The first-order valence-electron chi connectivity index (χ1n) is 8.55. The van der Waals surface area contributed by atoms with E-state index >= 15 is 0 Å². The highest BCUT2D eigenvalue weighted by Crippen LogP contribution is 2.25. The second-order valence-electron chi connectivity index (χ2n) is 6.52. The molecular formula is C21H17BrFN3O. The normalized spacial score (nSPS) is 11.3. The average molecular weight is 426 g/mol. The van der Waals surface area contributed by atoms with Crippen LogP contribution in [0.15, 0.2) is 63.9 Å². The summed E-state index contributed by atoms with van der Waals surface area (Å²) in [6.07, 6.45) is 0. The lowest BCUT2D eigenvalue weighted by atomic mass is 10.1. The Morgan fingerprint density at radius 3 is 2.52 bits per heavy atom. The molecule has 2 aromatic carbocycles. The van der Waals surface area contributed by atoms with Gasteiger partial charge in [-0.1, -0.05) is 40.2 Å². The van der Waals surface area contributed by atoms with Gasteiger partial charge in [-0.3, -0.25) is 9.36 Å². The minimum Gasteiger partial charge on any atom is -0.288 e. The molecule has 4 nitrogen and oxygen atoms in total. The Morgan fingerprint density at radius 1 is 1.07 bits per heavy atom. The van der Waals surface area contributed by atoms with Gasteiger partial charge in [0.1, 0.15) is 11.5 Å². The number of fused-ring (bicyclic) bond motifs is 1. The predicted octanol–water partition coefficient (Wildman–Crippen LogP) is 4.75. The summed E-state index contributed by atoms with van der Waals surface area (Å²) in [6, 6.07) is 16.1.